The van der Waals surface area contributed by atoms with Crippen molar-refractivity contribution in [3.05, 3.63) is 24.4 Å². The molecule has 2 amide bonds. The van der Waals surface area contributed by atoms with E-state index in [2.05, 4.69) is 15.6 Å². The van der Waals surface area contributed by atoms with Gasteiger partial charge in [0.05, 0.1) is 42.0 Å². The highest BCUT2D eigenvalue weighted by atomic mass is 16.7. The fourth-order valence-corrected chi connectivity index (χ4v) is 10.1. The monoisotopic (exact) mass is 926 g/mol. The lowest BCUT2D eigenvalue weighted by Crippen LogP contribution is -2.70. The molecule has 18 heteroatoms. The first kappa shape index (κ1) is 55.0. The third kappa shape index (κ3) is 12.4. The molecule has 1 aromatic heterocycles. The normalized spacial score (nSPS) is 42.6. The highest BCUT2D eigenvalue weighted by Gasteiger charge is 2.58. The average molecular weight is 926 g/mol. The van der Waals surface area contributed by atoms with Crippen molar-refractivity contribution in [1.82, 2.24) is 20.5 Å². The Hall–Kier alpha value is -2.59. The quantitative estimate of drug-likeness (QED) is 0.118. The molecule has 3 fully saturated rings. The Bertz CT molecular complexity index is 1660. The number of methoxy groups -OCH3 is 1. The molecule has 3 aliphatic rings. The van der Waals surface area contributed by atoms with Gasteiger partial charge in [0.25, 0.3) is 0 Å². The fourth-order valence-electron chi connectivity index (χ4n) is 10.1. The summed E-state index contributed by atoms with van der Waals surface area (Å²) in [4.78, 5) is 35.5. The molecular weight excluding hydrogens is 843 g/mol. The number of anilines is 1. The number of ether oxygens (including phenoxy) is 6. The predicted octanol–water partition coefficient (Wildman–Crippen LogP) is 2.95. The lowest BCUT2D eigenvalue weighted by atomic mass is 9.75. The molecule has 18 atom stereocenters. The van der Waals surface area contributed by atoms with Gasteiger partial charge in [0, 0.05) is 52.3 Å². The van der Waals surface area contributed by atoms with Gasteiger partial charge in [-0.25, -0.2) is 9.78 Å². The van der Waals surface area contributed by atoms with E-state index in [1.807, 2.05) is 20.8 Å². The number of amides is 2. The molecule has 1 aromatic rings. The molecule has 0 unspecified atom stereocenters. The van der Waals surface area contributed by atoms with E-state index >= 15 is 0 Å². The van der Waals surface area contributed by atoms with E-state index in [0.29, 0.717) is 18.9 Å². The Kier molecular flexibility index (Phi) is 19.2. The minimum atomic E-state index is -1.86. The van der Waals surface area contributed by atoms with Crippen LogP contribution in [0.1, 0.15) is 108 Å². The molecule has 18 nitrogen and oxygen atoms in total. The molecule has 65 heavy (non-hydrogen) atoms. The maximum atomic E-state index is 14.5. The smallest absolute Gasteiger partial charge is 0.325 e. The van der Waals surface area contributed by atoms with Gasteiger partial charge in [-0.2, -0.15) is 0 Å². The molecule has 0 spiro atoms. The maximum Gasteiger partial charge on any atom is 0.325 e. The van der Waals surface area contributed by atoms with E-state index in [-0.39, 0.29) is 38.1 Å². The van der Waals surface area contributed by atoms with Crippen molar-refractivity contribution in [3.8, 4) is 0 Å². The molecule has 4 heterocycles. The first-order chi connectivity index (χ1) is 30.3. The molecule has 0 radical (unpaired) electrons. The number of pyridine rings is 1. The molecule has 7 N–H and O–H groups in total. The van der Waals surface area contributed by atoms with Gasteiger partial charge in [-0.3, -0.25) is 9.69 Å². The summed E-state index contributed by atoms with van der Waals surface area (Å²) in [5, 5.41) is 66.8. The standard InChI is InChI=1S/C47H83N5O13/c1-15-20-48-26-47(59)32(8)62-36(24-45(47,10)60-14)64-38-29(5)40(65-42-37(53)33(22-28(4)61-42)51(12)43(56)52(13)35-19-17-18-21-49-35)44(9,57)23-27(3)25-50-31(7)39(54)46(11,58)34(16-2)63-41(55)30(38)6/h17-19,21,27-34,36-40,42,48,50,53-54,57-59H,15-16,20,22-26H2,1-14H3/t27-,28-,29+,30-,31-,32+,33+,34-,36+,37-,38+,39-,40-,42+,44-,45-,46-,47+/m1/s1. The van der Waals surface area contributed by atoms with Crippen LogP contribution in [0.2, 0.25) is 0 Å². The topological polar surface area (TPSA) is 234 Å². The number of hydrogen-bond donors (Lipinski definition) is 7. The van der Waals surface area contributed by atoms with Gasteiger partial charge in [0.2, 0.25) is 0 Å². The summed E-state index contributed by atoms with van der Waals surface area (Å²) < 4.78 is 38.6. The number of carbonyl (C=O) groups is 2. The van der Waals surface area contributed by atoms with Gasteiger partial charge in [0.15, 0.2) is 12.6 Å². The Morgan fingerprint density at radius 1 is 1.00 bits per heavy atom. The van der Waals surface area contributed by atoms with E-state index in [1.54, 1.807) is 87.0 Å². The van der Waals surface area contributed by atoms with Crippen LogP contribution in [-0.2, 0) is 33.2 Å². The minimum Gasteiger partial charge on any atom is -0.459 e. The first-order valence-corrected chi connectivity index (χ1v) is 23.6. The summed E-state index contributed by atoms with van der Waals surface area (Å²) in [6.07, 6.45) is -6.89. The molecule has 4 rings (SSSR count). The van der Waals surface area contributed by atoms with Crippen molar-refractivity contribution in [2.75, 3.05) is 45.7 Å². The van der Waals surface area contributed by atoms with Crippen LogP contribution in [0.15, 0.2) is 24.4 Å². The molecule has 3 aliphatic heterocycles. The van der Waals surface area contributed by atoms with E-state index in [1.165, 1.54) is 23.8 Å². The van der Waals surface area contributed by atoms with Crippen LogP contribution in [0, 0.1) is 17.8 Å². The van der Waals surface area contributed by atoms with Crippen molar-refractivity contribution in [3.63, 3.8) is 0 Å². The third-order valence-electron chi connectivity index (χ3n) is 14.4. The Morgan fingerprint density at radius 3 is 2.28 bits per heavy atom. The molecule has 0 saturated carbocycles. The Labute approximate surface area is 387 Å². The summed E-state index contributed by atoms with van der Waals surface area (Å²) >= 11 is 0. The van der Waals surface area contributed by atoms with E-state index < -0.39 is 114 Å². The molecule has 3 saturated heterocycles. The highest BCUT2D eigenvalue weighted by Crippen LogP contribution is 2.43. The average Bonchev–Trinajstić information content (AvgIpc) is 3.26. The number of carbonyl (C=O) groups excluding carboxylic acids is 2. The lowest BCUT2D eigenvalue weighted by molar-refractivity contribution is -0.336. The second-order valence-electron chi connectivity index (χ2n) is 19.9. The summed E-state index contributed by atoms with van der Waals surface area (Å²) in [5.74, 6) is -2.57. The van der Waals surface area contributed by atoms with Crippen molar-refractivity contribution < 1.29 is 63.5 Å². The second-order valence-corrected chi connectivity index (χ2v) is 19.9. The number of aliphatic hydroxyl groups excluding tert-OH is 2. The van der Waals surface area contributed by atoms with Gasteiger partial charge in [-0.15, -0.1) is 0 Å². The Balaban J connectivity index is 1.80. The summed E-state index contributed by atoms with van der Waals surface area (Å²) in [6, 6.07) is 3.38. The molecule has 374 valence electrons. The lowest BCUT2D eigenvalue weighted by Gasteiger charge is -2.53. The van der Waals surface area contributed by atoms with Crippen molar-refractivity contribution in [2.24, 2.45) is 17.8 Å². The minimum absolute atomic E-state index is 0.0427. The zero-order chi connectivity index (χ0) is 48.8. The first-order valence-electron chi connectivity index (χ1n) is 23.6. The van der Waals surface area contributed by atoms with Crippen LogP contribution < -0.4 is 15.5 Å². The number of rotatable bonds is 12. The number of aliphatic hydroxyl groups is 5. The summed E-state index contributed by atoms with van der Waals surface area (Å²) in [6.45, 7) is 20.4. The van der Waals surface area contributed by atoms with Gasteiger partial charge in [-0.05, 0) is 105 Å². The molecule has 0 aromatic carbocycles. The maximum absolute atomic E-state index is 14.5. The second kappa shape index (κ2) is 22.7. The number of likely N-dealkylation sites (N-methyl/N-ethyl adjacent to an activating group) is 1. The summed E-state index contributed by atoms with van der Waals surface area (Å²) in [5.41, 5.74) is -6.22. The van der Waals surface area contributed by atoms with Gasteiger partial charge >= 0.3 is 12.0 Å². The van der Waals surface area contributed by atoms with Crippen LogP contribution in [0.4, 0.5) is 10.6 Å². The van der Waals surface area contributed by atoms with Gasteiger partial charge in [0.1, 0.15) is 40.9 Å². The highest BCUT2D eigenvalue weighted by molar-refractivity contribution is 5.90. The van der Waals surface area contributed by atoms with Crippen molar-refractivity contribution in [1.29, 1.82) is 0 Å². The number of hydrogen-bond acceptors (Lipinski definition) is 16. The van der Waals surface area contributed by atoms with E-state index in [4.69, 9.17) is 28.4 Å². The van der Waals surface area contributed by atoms with Crippen LogP contribution in [0.3, 0.4) is 0 Å². The largest absolute Gasteiger partial charge is 0.459 e. The molecule has 0 aliphatic carbocycles. The number of aromatic nitrogens is 1. The number of nitrogens with zero attached hydrogens (tertiary/aromatic N) is 3. The number of nitrogens with one attached hydrogen (secondary N) is 2. The number of esters is 1. The molecule has 0 bridgehead atoms. The van der Waals surface area contributed by atoms with Crippen LogP contribution in [-0.4, -0.2) is 178 Å². The van der Waals surface area contributed by atoms with Gasteiger partial charge in [-0.1, -0.05) is 33.8 Å². The van der Waals surface area contributed by atoms with Crippen LogP contribution >= 0.6 is 0 Å². The van der Waals surface area contributed by atoms with Crippen LogP contribution in [0.25, 0.3) is 0 Å². The predicted molar refractivity (Wildman–Crippen MR) is 244 cm³/mol. The van der Waals surface area contributed by atoms with E-state index in [9.17, 15) is 35.1 Å². The van der Waals surface area contributed by atoms with Crippen molar-refractivity contribution in [2.45, 2.75) is 198 Å². The SMILES string of the molecule is CCCNC[C@]1(O)[C@H](C)O[C@@H](O[C@H]2[C@H](C)[C@@H](O[C@@H]3O[C@H](C)C[C@H](N(C)C(=O)N(C)c4ccccn4)[C@H]3O)[C@](C)(O)C[C@@H](C)CN[C@H](C)[C@@H](O)[C@](C)(O)[C@@H](CC)OC(=O)[C@@H]2C)C[C@@]1(C)OC. The number of cyclic esters (lactones) is 1. The Morgan fingerprint density at radius 2 is 1.68 bits per heavy atom. The third-order valence-corrected chi connectivity index (χ3v) is 14.4. The van der Waals surface area contributed by atoms with Crippen LogP contribution in [0.5, 0.6) is 0 Å². The fraction of sp³-hybridized carbons (Fsp3) is 0.851. The zero-order valence-corrected chi connectivity index (χ0v) is 41.4. The molecular formula is C47H83N5O13. The van der Waals surface area contributed by atoms with Crippen molar-refractivity contribution >= 4 is 17.8 Å². The summed E-state index contributed by atoms with van der Waals surface area (Å²) in [7, 11) is 4.71. The number of urea groups is 1. The van der Waals surface area contributed by atoms with E-state index in [0.717, 1.165) is 6.42 Å². The van der Waals surface area contributed by atoms with Gasteiger partial charge < -0.3 is 69.5 Å². The zero-order valence-electron chi connectivity index (χ0n) is 41.4.